The Bertz CT molecular complexity index is 205. The minimum absolute atomic E-state index is 0.0670. The maximum absolute atomic E-state index is 11.6. The minimum Gasteiger partial charge on any atom is -0.383 e. The molecule has 0 aliphatic carbocycles. The molecule has 0 spiro atoms. The molecule has 0 saturated carbocycles. The summed E-state index contributed by atoms with van der Waals surface area (Å²) in [7, 11) is 1.61. The largest absolute Gasteiger partial charge is 0.383 e. The van der Waals surface area contributed by atoms with Crippen molar-refractivity contribution in [3.63, 3.8) is 0 Å². The van der Waals surface area contributed by atoms with Gasteiger partial charge in [-0.2, -0.15) is 0 Å². The molecule has 1 heterocycles. The number of ether oxygens (including phenoxy) is 2. The Morgan fingerprint density at radius 3 is 3.06 bits per heavy atom. The summed E-state index contributed by atoms with van der Waals surface area (Å²) >= 11 is 0. The van der Waals surface area contributed by atoms with Crippen LogP contribution in [0.25, 0.3) is 0 Å². The molecule has 2 N–H and O–H groups in total. The molecule has 1 rings (SSSR count). The van der Waals surface area contributed by atoms with E-state index in [9.17, 15) is 4.79 Å². The lowest BCUT2D eigenvalue weighted by molar-refractivity contribution is -0.136. The second-order valence-corrected chi connectivity index (χ2v) is 4.03. The molecule has 1 aliphatic rings. The Labute approximate surface area is 96.9 Å². The van der Waals surface area contributed by atoms with Crippen LogP contribution in [0.4, 0.5) is 0 Å². The summed E-state index contributed by atoms with van der Waals surface area (Å²) in [5, 5.41) is 6.02. The van der Waals surface area contributed by atoms with Gasteiger partial charge < -0.3 is 20.1 Å². The van der Waals surface area contributed by atoms with E-state index in [-0.39, 0.29) is 18.1 Å². The van der Waals surface area contributed by atoms with Crippen molar-refractivity contribution in [3.05, 3.63) is 0 Å². The van der Waals surface area contributed by atoms with E-state index in [4.69, 9.17) is 9.47 Å². The van der Waals surface area contributed by atoms with Crippen LogP contribution in [0.1, 0.15) is 19.8 Å². The third-order valence-corrected chi connectivity index (χ3v) is 2.62. The number of nitrogens with one attached hydrogen (secondary N) is 2. The van der Waals surface area contributed by atoms with E-state index >= 15 is 0 Å². The average molecular weight is 230 g/mol. The van der Waals surface area contributed by atoms with Gasteiger partial charge in [0.25, 0.3) is 0 Å². The van der Waals surface area contributed by atoms with Gasteiger partial charge in [-0.3, -0.25) is 4.79 Å². The molecule has 1 saturated heterocycles. The van der Waals surface area contributed by atoms with E-state index in [1.54, 1.807) is 14.0 Å². The summed E-state index contributed by atoms with van der Waals surface area (Å²) in [6.45, 7) is 4.75. The summed E-state index contributed by atoms with van der Waals surface area (Å²) in [6.07, 6.45) is 1.92. The van der Waals surface area contributed by atoms with Gasteiger partial charge in [0.1, 0.15) is 6.10 Å². The third-order valence-electron chi connectivity index (χ3n) is 2.62. The smallest absolute Gasteiger partial charge is 0.248 e. The molecule has 1 aliphatic heterocycles. The monoisotopic (exact) mass is 230 g/mol. The molecule has 2 atom stereocenters. The van der Waals surface area contributed by atoms with Gasteiger partial charge in [-0.1, -0.05) is 0 Å². The van der Waals surface area contributed by atoms with Crippen LogP contribution in [0.5, 0.6) is 0 Å². The SMILES string of the molecule is COCCNC(=O)C(C)O[C@H]1CCCNC1. The lowest BCUT2D eigenvalue weighted by Crippen LogP contribution is -2.42. The lowest BCUT2D eigenvalue weighted by Gasteiger charge is -2.25. The molecule has 0 aromatic rings. The van der Waals surface area contributed by atoms with Gasteiger partial charge in [-0.15, -0.1) is 0 Å². The van der Waals surface area contributed by atoms with Crippen LogP contribution in [0.15, 0.2) is 0 Å². The van der Waals surface area contributed by atoms with E-state index in [2.05, 4.69) is 10.6 Å². The molecule has 1 fully saturated rings. The molecule has 5 nitrogen and oxygen atoms in total. The molecule has 16 heavy (non-hydrogen) atoms. The Balaban J connectivity index is 2.16. The van der Waals surface area contributed by atoms with E-state index in [0.29, 0.717) is 13.2 Å². The number of carbonyl (C=O) groups is 1. The first-order chi connectivity index (χ1) is 7.74. The second kappa shape index (κ2) is 7.60. The normalized spacial score (nSPS) is 22.8. The lowest BCUT2D eigenvalue weighted by atomic mass is 10.1. The van der Waals surface area contributed by atoms with Gasteiger partial charge in [0.05, 0.1) is 12.7 Å². The number of carbonyl (C=O) groups excluding carboxylic acids is 1. The standard InChI is InChI=1S/C11H22N2O3/c1-9(11(14)13-6-7-15-2)16-10-4-3-5-12-8-10/h9-10,12H,3-8H2,1-2H3,(H,13,14)/t9?,10-/m0/s1. The van der Waals surface area contributed by atoms with Crippen LogP contribution < -0.4 is 10.6 Å². The van der Waals surface area contributed by atoms with Crippen molar-refractivity contribution in [3.8, 4) is 0 Å². The maximum atomic E-state index is 11.6. The van der Waals surface area contributed by atoms with Crippen LogP contribution >= 0.6 is 0 Å². The van der Waals surface area contributed by atoms with Crippen molar-refractivity contribution in [2.75, 3.05) is 33.4 Å². The summed E-state index contributed by atoms with van der Waals surface area (Å²) in [4.78, 5) is 11.6. The Kier molecular flexibility index (Phi) is 6.37. The molecule has 5 heteroatoms. The van der Waals surface area contributed by atoms with Crippen LogP contribution in [0, 0.1) is 0 Å². The minimum atomic E-state index is -0.387. The Hall–Kier alpha value is -0.650. The average Bonchev–Trinajstić information content (AvgIpc) is 2.30. The first-order valence-electron chi connectivity index (χ1n) is 5.87. The first-order valence-corrected chi connectivity index (χ1v) is 5.87. The molecule has 0 bridgehead atoms. The number of methoxy groups -OCH3 is 1. The van der Waals surface area contributed by atoms with Crippen molar-refractivity contribution in [1.82, 2.24) is 10.6 Å². The van der Waals surface area contributed by atoms with Gasteiger partial charge >= 0.3 is 0 Å². The molecular formula is C11H22N2O3. The number of hydrogen-bond acceptors (Lipinski definition) is 4. The van der Waals surface area contributed by atoms with Crippen LogP contribution in [-0.2, 0) is 14.3 Å². The van der Waals surface area contributed by atoms with Gasteiger partial charge in [-0.25, -0.2) is 0 Å². The zero-order valence-electron chi connectivity index (χ0n) is 10.1. The van der Waals surface area contributed by atoms with Gasteiger partial charge in [-0.05, 0) is 26.3 Å². The highest BCUT2D eigenvalue weighted by molar-refractivity contribution is 5.80. The third kappa shape index (κ3) is 4.92. The van der Waals surface area contributed by atoms with E-state index in [1.807, 2.05) is 0 Å². The van der Waals surface area contributed by atoms with E-state index in [0.717, 1.165) is 25.9 Å². The molecule has 0 aromatic carbocycles. The highest BCUT2D eigenvalue weighted by Crippen LogP contribution is 2.08. The molecule has 1 amide bonds. The summed E-state index contributed by atoms with van der Waals surface area (Å²) in [6, 6.07) is 0. The summed E-state index contributed by atoms with van der Waals surface area (Å²) in [5.41, 5.74) is 0. The van der Waals surface area contributed by atoms with Crippen molar-refractivity contribution in [2.45, 2.75) is 32.0 Å². The fourth-order valence-corrected chi connectivity index (χ4v) is 1.71. The zero-order chi connectivity index (χ0) is 11.8. The predicted molar refractivity (Wildman–Crippen MR) is 61.3 cm³/mol. The summed E-state index contributed by atoms with van der Waals surface area (Å²) in [5.74, 6) is -0.0670. The van der Waals surface area contributed by atoms with Crippen molar-refractivity contribution in [1.29, 1.82) is 0 Å². The highest BCUT2D eigenvalue weighted by Gasteiger charge is 2.20. The van der Waals surface area contributed by atoms with Crippen LogP contribution in [0.2, 0.25) is 0 Å². The molecule has 0 aromatic heterocycles. The Morgan fingerprint density at radius 1 is 1.62 bits per heavy atom. The maximum Gasteiger partial charge on any atom is 0.248 e. The predicted octanol–water partition coefficient (Wildman–Crippen LogP) is -0.0939. The fraction of sp³-hybridized carbons (Fsp3) is 0.909. The topological polar surface area (TPSA) is 59.6 Å². The van der Waals surface area contributed by atoms with Gasteiger partial charge in [0, 0.05) is 20.2 Å². The van der Waals surface area contributed by atoms with E-state index in [1.165, 1.54) is 0 Å². The first kappa shape index (κ1) is 13.4. The zero-order valence-corrected chi connectivity index (χ0v) is 10.1. The van der Waals surface area contributed by atoms with Crippen molar-refractivity contribution < 1.29 is 14.3 Å². The highest BCUT2D eigenvalue weighted by atomic mass is 16.5. The quantitative estimate of drug-likeness (QED) is 0.626. The number of rotatable bonds is 6. The molecule has 1 unspecified atom stereocenters. The molecular weight excluding hydrogens is 208 g/mol. The van der Waals surface area contributed by atoms with Crippen LogP contribution in [0.3, 0.4) is 0 Å². The molecule has 0 radical (unpaired) electrons. The van der Waals surface area contributed by atoms with E-state index < -0.39 is 0 Å². The molecule has 94 valence electrons. The Morgan fingerprint density at radius 2 is 2.44 bits per heavy atom. The van der Waals surface area contributed by atoms with Gasteiger partial charge in [0.2, 0.25) is 5.91 Å². The van der Waals surface area contributed by atoms with Gasteiger partial charge in [0.15, 0.2) is 0 Å². The number of hydrogen-bond donors (Lipinski definition) is 2. The number of amides is 1. The van der Waals surface area contributed by atoms with Crippen LogP contribution in [-0.4, -0.2) is 51.5 Å². The van der Waals surface area contributed by atoms with Crippen molar-refractivity contribution in [2.24, 2.45) is 0 Å². The number of piperidine rings is 1. The fourth-order valence-electron chi connectivity index (χ4n) is 1.71. The summed E-state index contributed by atoms with van der Waals surface area (Å²) < 4.78 is 10.5. The second-order valence-electron chi connectivity index (χ2n) is 4.03. The van der Waals surface area contributed by atoms with Crippen molar-refractivity contribution >= 4 is 5.91 Å².